The van der Waals surface area contributed by atoms with Crippen molar-refractivity contribution in [2.75, 3.05) is 0 Å². The molecule has 10 heavy (non-hydrogen) atoms. The van der Waals surface area contributed by atoms with E-state index in [0.29, 0.717) is 0 Å². The normalized spacial score (nSPS) is 8.00. The highest BCUT2D eigenvalue weighted by Gasteiger charge is 1.60. The molecular formula is C6H7N3O. The number of nitrogens with one attached hydrogen (secondary N) is 1. The van der Waals surface area contributed by atoms with Crippen molar-refractivity contribution in [3.8, 4) is 0 Å². The molecule has 52 valence electrons. The Morgan fingerprint density at radius 1 is 1.30 bits per heavy atom. The summed E-state index contributed by atoms with van der Waals surface area (Å²) in [5.74, 6) is 0. The van der Waals surface area contributed by atoms with Gasteiger partial charge in [0.25, 0.3) is 0 Å². The summed E-state index contributed by atoms with van der Waals surface area (Å²) in [6.45, 7) is 0. The van der Waals surface area contributed by atoms with Crippen molar-refractivity contribution < 1.29 is 4.52 Å². The molecule has 0 aliphatic rings. The molecule has 0 fully saturated rings. The number of hydrogen-bond donors (Lipinski definition) is 1. The smallest absolute Gasteiger partial charge is 0.123 e. The second kappa shape index (κ2) is 4.31. The summed E-state index contributed by atoms with van der Waals surface area (Å²) in [5.41, 5.74) is 0. The van der Waals surface area contributed by atoms with Gasteiger partial charge in [-0.3, -0.25) is 0 Å². The van der Waals surface area contributed by atoms with Crippen LogP contribution in [0, 0.1) is 0 Å². The van der Waals surface area contributed by atoms with Crippen LogP contribution in [0.15, 0.2) is 41.8 Å². The fraction of sp³-hybridized carbons (Fsp3) is 0. The zero-order valence-corrected chi connectivity index (χ0v) is 5.27. The van der Waals surface area contributed by atoms with E-state index in [1.165, 1.54) is 6.26 Å². The van der Waals surface area contributed by atoms with E-state index >= 15 is 0 Å². The number of nitrogens with zero attached hydrogens (tertiary/aromatic N) is 2. The molecule has 0 bridgehead atoms. The minimum absolute atomic E-state index is 1.51. The summed E-state index contributed by atoms with van der Waals surface area (Å²) >= 11 is 0. The van der Waals surface area contributed by atoms with Crippen molar-refractivity contribution in [2.45, 2.75) is 0 Å². The molecule has 2 aromatic heterocycles. The van der Waals surface area contributed by atoms with E-state index in [0.717, 1.165) is 0 Å². The third-order valence-corrected chi connectivity index (χ3v) is 0.753. The molecule has 0 aliphatic heterocycles. The van der Waals surface area contributed by atoms with Crippen molar-refractivity contribution >= 4 is 0 Å². The highest BCUT2D eigenvalue weighted by molar-refractivity contribution is 4.67. The van der Waals surface area contributed by atoms with E-state index in [-0.39, 0.29) is 0 Å². The quantitative estimate of drug-likeness (QED) is 0.591. The lowest BCUT2D eigenvalue weighted by atomic mass is 10.8. The Bertz CT molecular complexity index is 152. The molecule has 0 amide bonds. The van der Waals surface area contributed by atoms with Crippen LogP contribution in [0.2, 0.25) is 0 Å². The summed E-state index contributed by atoms with van der Waals surface area (Å²) in [7, 11) is 0. The molecule has 2 aromatic rings. The van der Waals surface area contributed by atoms with E-state index in [1.54, 1.807) is 31.0 Å². The van der Waals surface area contributed by atoms with Crippen LogP contribution in [-0.4, -0.2) is 15.1 Å². The number of aromatic amines is 1. The first-order chi connectivity index (χ1) is 5.00. The molecule has 0 aromatic carbocycles. The van der Waals surface area contributed by atoms with Crippen LogP contribution < -0.4 is 0 Å². The van der Waals surface area contributed by atoms with Gasteiger partial charge in [0, 0.05) is 12.4 Å². The van der Waals surface area contributed by atoms with Crippen molar-refractivity contribution in [3.05, 3.63) is 37.2 Å². The van der Waals surface area contributed by atoms with Crippen LogP contribution in [0.3, 0.4) is 0 Å². The first-order valence-corrected chi connectivity index (χ1v) is 2.77. The zero-order valence-electron chi connectivity index (χ0n) is 5.27. The van der Waals surface area contributed by atoms with Gasteiger partial charge in [-0.05, 0) is 6.07 Å². The SMILES string of the molecule is c1c[nH]cn1.c1cnoc1. The fourth-order valence-electron chi connectivity index (χ4n) is 0.391. The molecule has 0 atom stereocenters. The van der Waals surface area contributed by atoms with Gasteiger partial charge in [0.2, 0.25) is 0 Å². The van der Waals surface area contributed by atoms with Crippen molar-refractivity contribution in [1.29, 1.82) is 0 Å². The lowest BCUT2D eigenvalue weighted by Crippen LogP contribution is -1.44. The van der Waals surface area contributed by atoms with Gasteiger partial charge in [0.05, 0.1) is 12.5 Å². The van der Waals surface area contributed by atoms with Crippen LogP contribution in [0.1, 0.15) is 0 Å². The predicted molar refractivity (Wildman–Crippen MR) is 35.1 cm³/mol. The number of rotatable bonds is 0. The number of hydrogen-bond acceptors (Lipinski definition) is 3. The monoisotopic (exact) mass is 137 g/mol. The lowest BCUT2D eigenvalue weighted by molar-refractivity contribution is 0.420. The van der Waals surface area contributed by atoms with Crippen molar-refractivity contribution in [3.63, 3.8) is 0 Å². The first kappa shape index (κ1) is 6.54. The average Bonchev–Trinajstić information content (AvgIpc) is 2.67. The van der Waals surface area contributed by atoms with Gasteiger partial charge in [0.1, 0.15) is 6.26 Å². The molecular weight excluding hydrogens is 130 g/mol. The topological polar surface area (TPSA) is 54.7 Å². The fourth-order valence-corrected chi connectivity index (χ4v) is 0.391. The van der Waals surface area contributed by atoms with Crippen LogP contribution in [0.25, 0.3) is 0 Å². The van der Waals surface area contributed by atoms with Crippen molar-refractivity contribution in [1.82, 2.24) is 15.1 Å². The average molecular weight is 137 g/mol. The standard InChI is InChI=1S/C3H4N2.C3H3NO/c1-2-5-3-4-1;1-2-4-5-3-1/h1-3H,(H,4,5);1-3H. The first-order valence-electron chi connectivity index (χ1n) is 2.77. The Hall–Kier alpha value is -1.58. The second-order valence-corrected chi connectivity index (χ2v) is 1.45. The van der Waals surface area contributed by atoms with Gasteiger partial charge in [-0.15, -0.1) is 0 Å². The van der Waals surface area contributed by atoms with Gasteiger partial charge < -0.3 is 9.51 Å². The maximum atomic E-state index is 4.33. The second-order valence-electron chi connectivity index (χ2n) is 1.45. The molecule has 2 rings (SSSR count). The molecule has 2 heterocycles. The van der Waals surface area contributed by atoms with E-state index in [4.69, 9.17) is 0 Å². The van der Waals surface area contributed by atoms with Gasteiger partial charge in [-0.1, -0.05) is 5.16 Å². The Kier molecular flexibility index (Phi) is 2.82. The zero-order chi connectivity index (χ0) is 7.07. The molecule has 0 aliphatic carbocycles. The summed E-state index contributed by atoms with van der Waals surface area (Å²) in [6.07, 6.45) is 8.18. The van der Waals surface area contributed by atoms with Crippen LogP contribution >= 0.6 is 0 Å². The van der Waals surface area contributed by atoms with Crippen LogP contribution in [0.5, 0.6) is 0 Å². The molecule has 0 saturated carbocycles. The summed E-state index contributed by atoms with van der Waals surface area (Å²) in [6, 6.07) is 1.72. The summed E-state index contributed by atoms with van der Waals surface area (Å²) in [4.78, 5) is 6.42. The minimum Gasteiger partial charge on any atom is -0.365 e. The molecule has 1 N–H and O–H groups in total. The molecule has 0 radical (unpaired) electrons. The Morgan fingerprint density at radius 2 is 2.30 bits per heavy atom. The van der Waals surface area contributed by atoms with Gasteiger partial charge in [-0.2, -0.15) is 0 Å². The lowest BCUT2D eigenvalue weighted by Gasteiger charge is -1.48. The number of imidazole rings is 1. The highest BCUT2D eigenvalue weighted by Crippen LogP contribution is 1.72. The molecule has 0 saturated heterocycles. The van der Waals surface area contributed by atoms with Crippen LogP contribution in [-0.2, 0) is 0 Å². The van der Waals surface area contributed by atoms with E-state index < -0.39 is 0 Å². The Morgan fingerprint density at radius 3 is 2.50 bits per heavy atom. The minimum atomic E-state index is 1.51. The number of H-pyrrole nitrogens is 1. The van der Waals surface area contributed by atoms with E-state index in [9.17, 15) is 0 Å². The molecule has 4 nitrogen and oxygen atoms in total. The molecule has 4 heteroatoms. The summed E-state index contributed by atoms with van der Waals surface area (Å²) in [5, 5.41) is 3.35. The van der Waals surface area contributed by atoms with E-state index in [1.807, 2.05) is 0 Å². The van der Waals surface area contributed by atoms with E-state index in [2.05, 4.69) is 19.6 Å². The highest BCUT2D eigenvalue weighted by atomic mass is 16.5. The molecule has 0 unspecified atom stereocenters. The van der Waals surface area contributed by atoms with Crippen molar-refractivity contribution in [2.24, 2.45) is 0 Å². The largest absolute Gasteiger partial charge is 0.365 e. The predicted octanol–water partition coefficient (Wildman–Crippen LogP) is 1.08. The third-order valence-electron chi connectivity index (χ3n) is 0.753. The Labute approximate surface area is 57.9 Å². The summed E-state index contributed by atoms with van der Waals surface area (Å²) < 4.78 is 4.33. The maximum Gasteiger partial charge on any atom is 0.123 e. The maximum absolute atomic E-state index is 4.33. The molecule has 0 spiro atoms. The van der Waals surface area contributed by atoms with Crippen LogP contribution in [0.4, 0.5) is 0 Å². The van der Waals surface area contributed by atoms with Gasteiger partial charge in [0.15, 0.2) is 0 Å². The van der Waals surface area contributed by atoms with Gasteiger partial charge >= 0.3 is 0 Å². The number of aromatic nitrogens is 3. The van der Waals surface area contributed by atoms with Gasteiger partial charge in [-0.25, -0.2) is 4.98 Å². The third kappa shape index (κ3) is 2.66. The Balaban J connectivity index is 0.0000001000.